The van der Waals surface area contributed by atoms with Crippen molar-refractivity contribution in [1.29, 1.82) is 0 Å². The highest BCUT2D eigenvalue weighted by atomic mass is 16.5. The number of hydrogen-bond acceptors (Lipinski definition) is 3. The van der Waals surface area contributed by atoms with E-state index in [4.69, 9.17) is 4.74 Å². The van der Waals surface area contributed by atoms with Crippen molar-refractivity contribution >= 4 is 6.03 Å². The zero-order chi connectivity index (χ0) is 15.1. The van der Waals surface area contributed by atoms with Gasteiger partial charge in [-0.25, -0.2) is 4.79 Å². The van der Waals surface area contributed by atoms with Crippen molar-refractivity contribution in [2.75, 3.05) is 13.2 Å². The second kappa shape index (κ2) is 7.98. The smallest absolute Gasteiger partial charge is 0.315 e. The van der Waals surface area contributed by atoms with Crippen LogP contribution in [0.2, 0.25) is 0 Å². The van der Waals surface area contributed by atoms with Gasteiger partial charge in [-0.2, -0.15) is 0 Å². The fourth-order valence-corrected chi connectivity index (χ4v) is 2.55. The van der Waals surface area contributed by atoms with Crippen LogP contribution in [-0.4, -0.2) is 30.3 Å². The lowest BCUT2D eigenvalue weighted by atomic mass is 10.0. The van der Waals surface area contributed by atoms with Gasteiger partial charge in [-0.15, -0.1) is 0 Å². The summed E-state index contributed by atoms with van der Waals surface area (Å²) in [6.45, 7) is 5.65. The molecule has 1 aromatic rings. The number of nitrogens with one attached hydrogen (secondary N) is 2. The van der Waals surface area contributed by atoms with Gasteiger partial charge >= 0.3 is 6.03 Å². The highest BCUT2D eigenvalue weighted by Gasteiger charge is 2.20. The summed E-state index contributed by atoms with van der Waals surface area (Å²) < 4.78 is 5.54. The molecule has 2 amide bonds. The lowest BCUT2D eigenvalue weighted by Gasteiger charge is -2.22. The first-order chi connectivity index (χ1) is 10.2. The second-order valence-electron chi connectivity index (χ2n) is 5.80. The first kappa shape index (κ1) is 15.8. The van der Waals surface area contributed by atoms with E-state index < -0.39 is 0 Å². The summed E-state index contributed by atoms with van der Waals surface area (Å²) in [7, 11) is 0. The predicted octanol–water partition coefficient (Wildman–Crippen LogP) is 2.65. The standard InChI is InChI=1S/C16H25N3O2/c1-12(2)15(14-7-3-4-9-17-14)19-16(20)18-10-8-13-6-5-11-21-13/h3-4,7,9,12-13,15H,5-6,8,10-11H2,1-2H3,(H2,18,19,20). The van der Waals surface area contributed by atoms with Gasteiger partial charge < -0.3 is 15.4 Å². The Bertz CT molecular complexity index is 430. The second-order valence-corrected chi connectivity index (χ2v) is 5.80. The normalized spacial score (nSPS) is 19.5. The summed E-state index contributed by atoms with van der Waals surface area (Å²) in [5, 5.41) is 5.91. The molecule has 5 heteroatoms. The predicted molar refractivity (Wildman–Crippen MR) is 81.9 cm³/mol. The third-order valence-electron chi connectivity index (χ3n) is 3.74. The van der Waals surface area contributed by atoms with Crippen LogP contribution >= 0.6 is 0 Å². The van der Waals surface area contributed by atoms with Crippen LogP contribution in [0.15, 0.2) is 24.4 Å². The molecule has 0 bridgehead atoms. The van der Waals surface area contributed by atoms with Crippen molar-refractivity contribution in [2.45, 2.75) is 45.3 Å². The molecular weight excluding hydrogens is 266 g/mol. The number of carbonyl (C=O) groups excluding carboxylic acids is 1. The SMILES string of the molecule is CC(C)C(NC(=O)NCCC1CCCO1)c1ccccn1. The van der Waals surface area contributed by atoms with Crippen LogP contribution in [0.5, 0.6) is 0 Å². The topological polar surface area (TPSA) is 63.2 Å². The quantitative estimate of drug-likeness (QED) is 0.847. The van der Waals surface area contributed by atoms with E-state index in [-0.39, 0.29) is 18.0 Å². The Labute approximate surface area is 126 Å². The summed E-state index contributed by atoms with van der Waals surface area (Å²) in [5.74, 6) is 0.281. The number of hydrogen-bond donors (Lipinski definition) is 2. The van der Waals surface area contributed by atoms with E-state index in [1.807, 2.05) is 18.2 Å². The largest absolute Gasteiger partial charge is 0.378 e. The lowest BCUT2D eigenvalue weighted by Crippen LogP contribution is -2.41. The maximum atomic E-state index is 12.0. The molecule has 0 spiro atoms. The van der Waals surface area contributed by atoms with Gasteiger partial charge in [0.25, 0.3) is 0 Å². The highest BCUT2D eigenvalue weighted by Crippen LogP contribution is 2.19. The van der Waals surface area contributed by atoms with E-state index in [2.05, 4.69) is 29.5 Å². The fourth-order valence-electron chi connectivity index (χ4n) is 2.55. The van der Waals surface area contributed by atoms with Crippen molar-refractivity contribution in [3.05, 3.63) is 30.1 Å². The number of rotatable bonds is 6. The number of urea groups is 1. The molecule has 2 rings (SSSR count). The Morgan fingerprint density at radius 2 is 2.33 bits per heavy atom. The molecule has 5 nitrogen and oxygen atoms in total. The number of nitrogens with zero attached hydrogens (tertiary/aromatic N) is 1. The number of ether oxygens (including phenoxy) is 1. The maximum absolute atomic E-state index is 12.0. The van der Waals surface area contributed by atoms with Crippen molar-refractivity contribution in [3.8, 4) is 0 Å². The van der Waals surface area contributed by atoms with E-state index in [0.717, 1.165) is 31.6 Å². The Balaban J connectivity index is 1.78. The molecule has 0 aromatic carbocycles. The Kier molecular flexibility index (Phi) is 5.99. The lowest BCUT2D eigenvalue weighted by molar-refractivity contribution is 0.104. The van der Waals surface area contributed by atoms with E-state index in [1.54, 1.807) is 6.20 Å². The van der Waals surface area contributed by atoms with Gasteiger partial charge in [0.2, 0.25) is 0 Å². The molecule has 2 unspecified atom stereocenters. The minimum atomic E-state index is -0.141. The van der Waals surface area contributed by atoms with Crippen molar-refractivity contribution in [1.82, 2.24) is 15.6 Å². The fraction of sp³-hybridized carbons (Fsp3) is 0.625. The van der Waals surface area contributed by atoms with Crippen LogP contribution in [0.4, 0.5) is 4.79 Å². The molecule has 2 atom stereocenters. The first-order valence-corrected chi connectivity index (χ1v) is 7.73. The van der Waals surface area contributed by atoms with Gasteiger partial charge in [-0.1, -0.05) is 19.9 Å². The Morgan fingerprint density at radius 3 is 2.95 bits per heavy atom. The van der Waals surface area contributed by atoms with Gasteiger partial charge in [-0.3, -0.25) is 4.98 Å². The molecule has 2 N–H and O–H groups in total. The summed E-state index contributed by atoms with van der Waals surface area (Å²) in [4.78, 5) is 16.3. The molecule has 1 aromatic heterocycles. The molecule has 21 heavy (non-hydrogen) atoms. The molecule has 1 aliphatic rings. The zero-order valence-electron chi connectivity index (χ0n) is 12.8. The third kappa shape index (κ3) is 5.01. The first-order valence-electron chi connectivity index (χ1n) is 7.73. The van der Waals surface area contributed by atoms with Gasteiger partial charge in [-0.05, 0) is 37.3 Å². The number of aromatic nitrogens is 1. The van der Waals surface area contributed by atoms with Crippen LogP contribution in [-0.2, 0) is 4.74 Å². The van der Waals surface area contributed by atoms with E-state index >= 15 is 0 Å². The highest BCUT2D eigenvalue weighted by molar-refractivity contribution is 5.74. The molecular formula is C16H25N3O2. The van der Waals surface area contributed by atoms with Crippen LogP contribution < -0.4 is 10.6 Å². The minimum Gasteiger partial charge on any atom is -0.378 e. The summed E-state index contributed by atoms with van der Waals surface area (Å²) in [6.07, 6.45) is 5.17. The van der Waals surface area contributed by atoms with Crippen LogP contribution in [0.1, 0.15) is 44.8 Å². The van der Waals surface area contributed by atoms with Crippen molar-refractivity contribution in [3.63, 3.8) is 0 Å². The maximum Gasteiger partial charge on any atom is 0.315 e. The van der Waals surface area contributed by atoms with Gasteiger partial charge in [0.1, 0.15) is 0 Å². The number of carbonyl (C=O) groups is 1. The van der Waals surface area contributed by atoms with Gasteiger partial charge in [0.15, 0.2) is 0 Å². The Hall–Kier alpha value is -1.62. The molecule has 0 radical (unpaired) electrons. The molecule has 1 fully saturated rings. The monoisotopic (exact) mass is 291 g/mol. The summed E-state index contributed by atoms with van der Waals surface area (Å²) in [6, 6.07) is 5.54. The molecule has 0 aliphatic carbocycles. The van der Waals surface area contributed by atoms with Gasteiger partial charge in [0, 0.05) is 19.3 Å². The average molecular weight is 291 g/mol. The van der Waals surface area contributed by atoms with Crippen LogP contribution in [0.3, 0.4) is 0 Å². The average Bonchev–Trinajstić information content (AvgIpc) is 2.98. The molecule has 2 heterocycles. The summed E-state index contributed by atoms with van der Waals surface area (Å²) in [5.41, 5.74) is 0.891. The molecule has 0 saturated carbocycles. The van der Waals surface area contributed by atoms with Crippen molar-refractivity contribution < 1.29 is 9.53 Å². The van der Waals surface area contributed by atoms with E-state index in [0.29, 0.717) is 12.6 Å². The summed E-state index contributed by atoms with van der Waals surface area (Å²) >= 11 is 0. The number of pyridine rings is 1. The third-order valence-corrected chi connectivity index (χ3v) is 3.74. The van der Waals surface area contributed by atoms with Crippen molar-refractivity contribution in [2.24, 2.45) is 5.92 Å². The molecule has 1 aliphatic heterocycles. The zero-order valence-corrected chi connectivity index (χ0v) is 12.8. The van der Waals surface area contributed by atoms with Gasteiger partial charge in [0.05, 0.1) is 17.8 Å². The molecule has 116 valence electrons. The van der Waals surface area contributed by atoms with Crippen LogP contribution in [0.25, 0.3) is 0 Å². The minimum absolute atomic E-state index is 0.0751. The van der Waals surface area contributed by atoms with E-state index in [9.17, 15) is 4.79 Å². The van der Waals surface area contributed by atoms with E-state index in [1.165, 1.54) is 0 Å². The number of amides is 2. The Morgan fingerprint density at radius 1 is 1.48 bits per heavy atom. The van der Waals surface area contributed by atoms with Crippen LogP contribution in [0, 0.1) is 5.92 Å². The molecule has 1 saturated heterocycles.